The van der Waals surface area contributed by atoms with Crippen LogP contribution in [-0.4, -0.2) is 44.0 Å². The molecule has 1 aromatic carbocycles. The van der Waals surface area contributed by atoms with Gasteiger partial charge in [0.2, 0.25) is 5.91 Å². The lowest BCUT2D eigenvalue weighted by molar-refractivity contribution is -0.128. The van der Waals surface area contributed by atoms with Crippen LogP contribution in [0.1, 0.15) is 38.8 Å². The topological polar surface area (TPSA) is 56.7 Å². The number of nitrogens with one attached hydrogen (secondary N) is 2. The molecule has 6 heteroatoms. The highest BCUT2D eigenvalue weighted by atomic mass is 127. The van der Waals surface area contributed by atoms with Crippen molar-refractivity contribution in [2.75, 3.05) is 27.2 Å². The average molecular weight is 460 g/mol. The van der Waals surface area contributed by atoms with Crippen molar-refractivity contribution in [2.45, 2.75) is 40.7 Å². The molecular weight excluding hydrogens is 427 g/mol. The number of carbonyl (C=O) groups is 1. The van der Waals surface area contributed by atoms with Crippen LogP contribution in [0.15, 0.2) is 29.3 Å². The molecule has 0 atom stereocenters. The molecular formula is C19H33IN4O. The van der Waals surface area contributed by atoms with Gasteiger partial charge in [0.1, 0.15) is 0 Å². The Morgan fingerprint density at radius 2 is 1.60 bits per heavy atom. The number of carbonyl (C=O) groups excluding carboxylic acids is 1. The molecule has 5 nitrogen and oxygen atoms in total. The van der Waals surface area contributed by atoms with E-state index in [-0.39, 0.29) is 35.3 Å². The van der Waals surface area contributed by atoms with Gasteiger partial charge in [0.05, 0.1) is 0 Å². The molecule has 0 aliphatic carbocycles. The SMILES string of the molecule is CCc1ccc(CN(C)C(=NC)NCCNC(=O)C(C)(C)C)cc1.I. The Morgan fingerprint density at radius 3 is 2.08 bits per heavy atom. The highest BCUT2D eigenvalue weighted by Crippen LogP contribution is 2.11. The van der Waals surface area contributed by atoms with Gasteiger partial charge in [-0.1, -0.05) is 52.0 Å². The number of guanidine groups is 1. The maximum atomic E-state index is 11.8. The summed E-state index contributed by atoms with van der Waals surface area (Å²) in [5.74, 6) is 0.878. The minimum atomic E-state index is -0.358. The zero-order chi connectivity index (χ0) is 18.2. The summed E-state index contributed by atoms with van der Waals surface area (Å²) in [4.78, 5) is 18.2. The van der Waals surface area contributed by atoms with Crippen LogP contribution >= 0.6 is 24.0 Å². The molecule has 0 aromatic heterocycles. The van der Waals surface area contributed by atoms with E-state index < -0.39 is 0 Å². The number of benzene rings is 1. The third-order valence-electron chi connectivity index (χ3n) is 3.80. The summed E-state index contributed by atoms with van der Waals surface area (Å²) in [5, 5.41) is 6.21. The first kappa shape index (κ1) is 23.7. The summed E-state index contributed by atoms with van der Waals surface area (Å²) in [6.45, 7) is 9.90. The highest BCUT2D eigenvalue weighted by molar-refractivity contribution is 14.0. The molecule has 0 radical (unpaired) electrons. The Hall–Kier alpha value is -1.31. The molecule has 1 rings (SSSR count). The molecule has 0 aliphatic rings. The number of aliphatic imine (C=N–C) groups is 1. The summed E-state index contributed by atoms with van der Waals surface area (Å²) in [6, 6.07) is 8.65. The molecule has 0 bridgehead atoms. The Morgan fingerprint density at radius 1 is 1.08 bits per heavy atom. The normalized spacial score (nSPS) is 11.5. The lowest BCUT2D eigenvalue weighted by Crippen LogP contribution is -2.43. The predicted octanol–water partition coefficient (Wildman–Crippen LogP) is 3.04. The fraction of sp³-hybridized carbons (Fsp3) is 0.579. The summed E-state index contributed by atoms with van der Waals surface area (Å²) in [7, 11) is 3.78. The van der Waals surface area contributed by atoms with E-state index in [0.29, 0.717) is 13.1 Å². The number of amides is 1. The molecule has 1 aromatic rings. The second-order valence-corrected chi connectivity index (χ2v) is 7.01. The quantitative estimate of drug-likeness (QED) is 0.297. The Bertz CT molecular complexity index is 550. The second kappa shape index (κ2) is 11.3. The van der Waals surface area contributed by atoms with Crippen LogP contribution in [0.4, 0.5) is 0 Å². The van der Waals surface area contributed by atoms with Gasteiger partial charge in [-0.3, -0.25) is 9.79 Å². The number of hydrogen-bond acceptors (Lipinski definition) is 2. The van der Waals surface area contributed by atoms with Crippen LogP contribution in [0.3, 0.4) is 0 Å². The van der Waals surface area contributed by atoms with Gasteiger partial charge in [-0.2, -0.15) is 0 Å². The molecule has 0 aliphatic heterocycles. The molecule has 1 amide bonds. The first-order chi connectivity index (χ1) is 11.3. The van der Waals surface area contributed by atoms with Gasteiger partial charge in [-0.15, -0.1) is 24.0 Å². The standard InChI is InChI=1S/C19H32N4O.HI/c1-7-15-8-10-16(11-9-15)14-23(6)18(20-5)22-13-12-21-17(24)19(2,3)4;/h8-11H,7,12-14H2,1-6H3,(H,20,22)(H,21,24);1H. The van der Waals surface area contributed by atoms with Crippen molar-refractivity contribution in [3.8, 4) is 0 Å². The molecule has 142 valence electrons. The van der Waals surface area contributed by atoms with Crippen LogP contribution in [0.5, 0.6) is 0 Å². The fourth-order valence-corrected chi connectivity index (χ4v) is 2.23. The number of rotatable bonds is 6. The van der Waals surface area contributed by atoms with Crippen LogP contribution in [0.25, 0.3) is 0 Å². The van der Waals surface area contributed by atoms with E-state index in [1.165, 1.54) is 11.1 Å². The largest absolute Gasteiger partial charge is 0.354 e. The Labute approximate surface area is 169 Å². The van der Waals surface area contributed by atoms with Crippen molar-refractivity contribution in [2.24, 2.45) is 10.4 Å². The Kier molecular flexibility index (Phi) is 10.7. The molecule has 2 N–H and O–H groups in total. The summed E-state index contributed by atoms with van der Waals surface area (Å²) in [5.41, 5.74) is 2.24. The maximum absolute atomic E-state index is 11.8. The maximum Gasteiger partial charge on any atom is 0.225 e. The van der Waals surface area contributed by atoms with Crippen molar-refractivity contribution in [1.82, 2.24) is 15.5 Å². The molecule has 0 saturated carbocycles. The van der Waals surface area contributed by atoms with E-state index in [1.54, 1.807) is 7.05 Å². The van der Waals surface area contributed by atoms with Crippen molar-refractivity contribution in [3.63, 3.8) is 0 Å². The zero-order valence-corrected chi connectivity index (χ0v) is 18.7. The lowest BCUT2D eigenvalue weighted by atomic mass is 9.96. The fourth-order valence-electron chi connectivity index (χ4n) is 2.23. The first-order valence-corrected chi connectivity index (χ1v) is 8.55. The Balaban J connectivity index is 0.00000576. The molecule has 0 spiro atoms. The van der Waals surface area contributed by atoms with Gasteiger partial charge in [0.15, 0.2) is 5.96 Å². The van der Waals surface area contributed by atoms with Crippen LogP contribution < -0.4 is 10.6 Å². The van der Waals surface area contributed by atoms with Gasteiger partial charge in [-0.25, -0.2) is 0 Å². The zero-order valence-electron chi connectivity index (χ0n) is 16.3. The van der Waals surface area contributed by atoms with Crippen LogP contribution in [-0.2, 0) is 17.8 Å². The van der Waals surface area contributed by atoms with Crippen LogP contribution in [0, 0.1) is 5.41 Å². The van der Waals surface area contributed by atoms with E-state index in [2.05, 4.69) is 51.7 Å². The van der Waals surface area contributed by atoms with Crippen molar-refractivity contribution >= 4 is 35.8 Å². The molecule has 0 heterocycles. The monoisotopic (exact) mass is 460 g/mol. The summed E-state index contributed by atoms with van der Waals surface area (Å²) >= 11 is 0. The highest BCUT2D eigenvalue weighted by Gasteiger charge is 2.20. The van der Waals surface area contributed by atoms with Crippen molar-refractivity contribution in [3.05, 3.63) is 35.4 Å². The molecule has 0 fully saturated rings. The van der Waals surface area contributed by atoms with Gasteiger partial charge < -0.3 is 15.5 Å². The molecule has 25 heavy (non-hydrogen) atoms. The van der Waals surface area contributed by atoms with E-state index in [9.17, 15) is 4.79 Å². The van der Waals surface area contributed by atoms with Crippen LogP contribution in [0.2, 0.25) is 0 Å². The third kappa shape index (κ3) is 8.56. The van der Waals surface area contributed by atoms with Gasteiger partial charge >= 0.3 is 0 Å². The molecule has 0 unspecified atom stereocenters. The van der Waals surface area contributed by atoms with E-state index in [0.717, 1.165) is 18.9 Å². The van der Waals surface area contributed by atoms with Crippen molar-refractivity contribution in [1.29, 1.82) is 0 Å². The first-order valence-electron chi connectivity index (χ1n) is 8.55. The van der Waals surface area contributed by atoms with Crippen molar-refractivity contribution < 1.29 is 4.79 Å². The number of aryl methyl sites for hydroxylation is 1. The van der Waals surface area contributed by atoms with E-state index in [1.807, 2.05) is 27.8 Å². The molecule has 0 saturated heterocycles. The predicted molar refractivity (Wildman–Crippen MR) is 117 cm³/mol. The van der Waals surface area contributed by atoms with Gasteiger partial charge in [0.25, 0.3) is 0 Å². The summed E-state index contributed by atoms with van der Waals surface area (Å²) in [6.07, 6.45) is 1.06. The number of nitrogens with zero attached hydrogens (tertiary/aromatic N) is 2. The minimum Gasteiger partial charge on any atom is -0.354 e. The van der Waals surface area contributed by atoms with E-state index >= 15 is 0 Å². The summed E-state index contributed by atoms with van der Waals surface area (Å²) < 4.78 is 0. The second-order valence-electron chi connectivity index (χ2n) is 7.01. The van der Waals surface area contributed by atoms with Gasteiger partial charge in [-0.05, 0) is 17.5 Å². The number of halogens is 1. The third-order valence-corrected chi connectivity index (χ3v) is 3.80. The average Bonchev–Trinajstić information content (AvgIpc) is 2.54. The lowest BCUT2D eigenvalue weighted by Gasteiger charge is -2.23. The number of hydrogen-bond donors (Lipinski definition) is 2. The van der Waals surface area contributed by atoms with E-state index in [4.69, 9.17) is 0 Å². The smallest absolute Gasteiger partial charge is 0.225 e. The van der Waals surface area contributed by atoms with Gasteiger partial charge in [0, 0.05) is 39.1 Å². The minimum absolute atomic E-state index is 0.